The Labute approximate surface area is 98.5 Å². The van der Waals surface area contributed by atoms with Gasteiger partial charge in [-0.1, -0.05) is 26.7 Å². The summed E-state index contributed by atoms with van der Waals surface area (Å²) in [7, 11) is -3.22. The highest BCUT2D eigenvalue weighted by atomic mass is 32.2. The first-order valence-electron chi connectivity index (χ1n) is 6.09. The van der Waals surface area contributed by atoms with Crippen LogP contribution >= 0.6 is 0 Å². The van der Waals surface area contributed by atoms with Gasteiger partial charge in [0.05, 0.1) is 11.9 Å². The van der Waals surface area contributed by atoms with Crippen LogP contribution in [0.5, 0.6) is 0 Å². The monoisotopic (exact) mass is 249 g/mol. The van der Waals surface area contributed by atoms with Gasteiger partial charge in [0, 0.05) is 6.04 Å². The van der Waals surface area contributed by atoms with Crippen LogP contribution in [0.25, 0.3) is 0 Å². The predicted molar refractivity (Wildman–Crippen MR) is 64.6 cm³/mol. The lowest BCUT2D eigenvalue weighted by Gasteiger charge is -2.28. The van der Waals surface area contributed by atoms with Gasteiger partial charge < -0.3 is 5.11 Å². The minimum Gasteiger partial charge on any atom is -0.391 e. The highest BCUT2D eigenvalue weighted by Gasteiger charge is 2.26. The molecule has 5 heteroatoms. The molecule has 1 aliphatic carbocycles. The Morgan fingerprint density at radius 3 is 2.50 bits per heavy atom. The molecule has 0 spiro atoms. The van der Waals surface area contributed by atoms with Crippen LogP contribution in [0.1, 0.15) is 46.0 Å². The molecule has 1 saturated carbocycles. The van der Waals surface area contributed by atoms with Crippen molar-refractivity contribution in [2.75, 3.05) is 5.75 Å². The van der Waals surface area contributed by atoms with Gasteiger partial charge in [-0.05, 0) is 25.2 Å². The van der Waals surface area contributed by atoms with Crippen molar-refractivity contribution in [3.63, 3.8) is 0 Å². The Kier molecular flexibility index (Phi) is 5.21. The average Bonchev–Trinajstić information content (AvgIpc) is 2.19. The van der Waals surface area contributed by atoms with E-state index in [1.165, 1.54) is 0 Å². The summed E-state index contributed by atoms with van der Waals surface area (Å²) >= 11 is 0. The number of hydrogen-bond donors (Lipinski definition) is 2. The molecule has 1 fully saturated rings. The van der Waals surface area contributed by atoms with E-state index in [0.29, 0.717) is 18.8 Å². The number of sulfonamides is 1. The quantitative estimate of drug-likeness (QED) is 0.771. The van der Waals surface area contributed by atoms with Crippen LogP contribution in [0.15, 0.2) is 0 Å². The van der Waals surface area contributed by atoms with E-state index < -0.39 is 16.1 Å². The Hall–Kier alpha value is -0.130. The number of aliphatic hydroxyl groups is 1. The van der Waals surface area contributed by atoms with E-state index in [-0.39, 0.29) is 11.8 Å². The van der Waals surface area contributed by atoms with Gasteiger partial charge in [0.2, 0.25) is 10.0 Å². The molecule has 1 aliphatic rings. The Bertz CT molecular complexity index is 300. The smallest absolute Gasteiger partial charge is 0.211 e. The topological polar surface area (TPSA) is 66.4 Å². The van der Waals surface area contributed by atoms with Crippen molar-refractivity contribution >= 4 is 10.0 Å². The number of hydrogen-bond acceptors (Lipinski definition) is 3. The van der Waals surface area contributed by atoms with Crippen LogP contribution in [-0.4, -0.2) is 31.4 Å². The summed E-state index contributed by atoms with van der Waals surface area (Å²) in [6, 6.07) is -0.272. The van der Waals surface area contributed by atoms with Crippen LogP contribution in [0.3, 0.4) is 0 Å². The van der Waals surface area contributed by atoms with Crippen molar-refractivity contribution in [2.45, 2.75) is 58.1 Å². The van der Waals surface area contributed by atoms with E-state index in [4.69, 9.17) is 0 Å². The summed E-state index contributed by atoms with van der Waals surface area (Å²) in [5.74, 6) is 0.543. The van der Waals surface area contributed by atoms with Crippen LogP contribution in [-0.2, 0) is 10.0 Å². The van der Waals surface area contributed by atoms with E-state index in [1.807, 2.05) is 13.8 Å². The molecule has 0 aliphatic heterocycles. The first-order chi connectivity index (χ1) is 7.41. The second-order valence-corrected chi connectivity index (χ2v) is 6.95. The molecule has 0 aromatic heterocycles. The average molecular weight is 249 g/mol. The zero-order chi connectivity index (χ0) is 12.2. The van der Waals surface area contributed by atoms with Crippen molar-refractivity contribution in [3.8, 4) is 0 Å². The Morgan fingerprint density at radius 2 is 1.94 bits per heavy atom. The van der Waals surface area contributed by atoms with Gasteiger partial charge in [0.1, 0.15) is 0 Å². The molecule has 0 unspecified atom stereocenters. The number of rotatable bonds is 5. The van der Waals surface area contributed by atoms with Gasteiger partial charge >= 0.3 is 0 Å². The molecule has 16 heavy (non-hydrogen) atoms. The standard InChI is InChI=1S/C11H23NO3S/c1-9(2)7-8-16(14,15)12-10-5-3-4-6-11(10)13/h9-13H,3-8H2,1-2H3/t10-,11-/m1/s1. The van der Waals surface area contributed by atoms with E-state index in [9.17, 15) is 13.5 Å². The maximum atomic E-state index is 11.7. The maximum Gasteiger partial charge on any atom is 0.211 e. The largest absolute Gasteiger partial charge is 0.391 e. The van der Waals surface area contributed by atoms with Crippen LogP contribution in [0.4, 0.5) is 0 Å². The van der Waals surface area contributed by atoms with Crippen LogP contribution < -0.4 is 4.72 Å². The zero-order valence-electron chi connectivity index (χ0n) is 10.1. The molecule has 2 atom stereocenters. The fraction of sp³-hybridized carbons (Fsp3) is 1.00. The fourth-order valence-corrected chi connectivity index (χ4v) is 3.56. The highest BCUT2D eigenvalue weighted by molar-refractivity contribution is 7.89. The van der Waals surface area contributed by atoms with Crippen molar-refractivity contribution in [2.24, 2.45) is 5.92 Å². The van der Waals surface area contributed by atoms with Crippen molar-refractivity contribution in [1.82, 2.24) is 4.72 Å². The summed E-state index contributed by atoms with van der Waals surface area (Å²) in [4.78, 5) is 0. The van der Waals surface area contributed by atoms with Crippen molar-refractivity contribution < 1.29 is 13.5 Å². The number of aliphatic hydroxyl groups excluding tert-OH is 1. The molecular weight excluding hydrogens is 226 g/mol. The molecule has 0 aromatic rings. The Balaban J connectivity index is 2.44. The van der Waals surface area contributed by atoms with E-state index in [0.717, 1.165) is 19.3 Å². The second-order valence-electron chi connectivity index (χ2n) is 5.08. The van der Waals surface area contributed by atoms with Crippen molar-refractivity contribution in [3.05, 3.63) is 0 Å². The lowest BCUT2D eigenvalue weighted by atomic mass is 9.93. The molecule has 0 radical (unpaired) electrons. The highest BCUT2D eigenvalue weighted by Crippen LogP contribution is 2.19. The SMILES string of the molecule is CC(C)CCS(=O)(=O)N[C@@H]1CCCC[C@H]1O. The van der Waals surface area contributed by atoms with E-state index in [1.54, 1.807) is 0 Å². The van der Waals surface area contributed by atoms with Gasteiger partial charge in [0.25, 0.3) is 0 Å². The summed E-state index contributed by atoms with van der Waals surface area (Å²) in [6.45, 7) is 4.01. The molecule has 0 saturated heterocycles. The fourth-order valence-electron chi connectivity index (χ4n) is 1.93. The van der Waals surface area contributed by atoms with Gasteiger partial charge in [-0.15, -0.1) is 0 Å². The molecule has 0 aromatic carbocycles. The molecule has 0 heterocycles. The van der Waals surface area contributed by atoms with Crippen LogP contribution in [0, 0.1) is 5.92 Å². The third kappa shape index (κ3) is 4.80. The normalized spacial score (nSPS) is 27.2. The minimum absolute atomic E-state index is 0.161. The molecule has 1 rings (SSSR count). The third-order valence-electron chi connectivity index (χ3n) is 3.02. The van der Waals surface area contributed by atoms with Crippen LogP contribution in [0.2, 0.25) is 0 Å². The molecule has 0 bridgehead atoms. The predicted octanol–water partition coefficient (Wildman–Crippen LogP) is 1.26. The summed E-state index contributed by atoms with van der Waals surface area (Å²) in [5, 5.41) is 9.68. The second kappa shape index (κ2) is 5.98. The Morgan fingerprint density at radius 1 is 1.31 bits per heavy atom. The lowest BCUT2D eigenvalue weighted by Crippen LogP contribution is -2.45. The van der Waals surface area contributed by atoms with Gasteiger partial charge in [-0.3, -0.25) is 0 Å². The van der Waals surface area contributed by atoms with E-state index >= 15 is 0 Å². The molecule has 4 nitrogen and oxygen atoms in total. The lowest BCUT2D eigenvalue weighted by molar-refractivity contribution is 0.101. The minimum atomic E-state index is -3.22. The summed E-state index contributed by atoms with van der Waals surface area (Å²) in [6.07, 6.45) is 3.60. The van der Waals surface area contributed by atoms with E-state index in [2.05, 4.69) is 4.72 Å². The zero-order valence-corrected chi connectivity index (χ0v) is 11.0. The number of nitrogens with one attached hydrogen (secondary N) is 1. The van der Waals surface area contributed by atoms with Crippen molar-refractivity contribution in [1.29, 1.82) is 0 Å². The first kappa shape index (κ1) is 13.9. The summed E-state index contributed by atoms with van der Waals surface area (Å²) < 4.78 is 26.1. The molecule has 2 N–H and O–H groups in total. The molecule has 0 amide bonds. The summed E-state index contributed by atoms with van der Waals surface area (Å²) in [5.41, 5.74) is 0. The van der Waals surface area contributed by atoms with Gasteiger partial charge in [0.15, 0.2) is 0 Å². The third-order valence-corrected chi connectivity index (χ3v) is 4.46. The molecule has 96 valence electrons. The van der Waals surface area contributed by atoms with Gasteiger partial charge in [-0.25, -0.2) is 13.1 Å². The first-order valence-corrected chi connectivity index (χ1v) is 7.74. The molecular formula is C11H23NO3S. The van der Waals surface area contributed by atoms with Gasteiger partial charge in [-0.2, -0.15) is 0 Å². The maximum absolute atomic E-state index is 11.7.